The second-order valence-electron chi connectivity index (χ2n) is 6.60. The van der Waals surface area contributed by atoms with Crippen LogP contribution in [0.2, 0.25) is 0 Å². The number of benzene rings is 1. The molecule has 1 fully saturated rings. The molecule has 1 aliphatic rings. The van der Waals surface area contributed by atoms with Crippen molar-refractivity contribution >= 4 is 21.6 Å². The van der Waals surface area contributed by atoms with Crippen molar-refractivity contribution in [3.05, 3.63) is 47.9 Å². The van der Waals surface area contributed by atoms with E-state index >= 15 is 0 Å². The molecule has 3 heterocycles. The van der Waals surface area contributed by atoms with Crippen molar-refractivity contribution in [2.75, 3.05) is 0 Å². The standard InChI is InChI=1S/C18H17N5OS/c1-11-13-10-14(15-20-17(22-24-15)18(19)8-5-9-18)25-16(13)23(21-11)12-6-3-2-4-7-12/h2-4,6-7,10H,5,8-9,19H2,1H3. The second kappa shape index (κ2) is 5.24. The van der Waals surface area contributed by atoms with Crippen molar-refractivity contribution in [2.24, 2.45) is 5.73 Å². The van der Waals surface area contributed by atoms with Crippen LogP contribution in [0.3, 0.4) is 0 Å². The van der Waals surface area contributed by atoms with Crippen LogP contribution in [0.4, 0.5) is 0 Å². The number of hydrogen-bond acceptors (Lipinski definition) is 6. The molecule has 0 amide bonds. The van der Waals surface area contributed by atoms with E-state index in [0.29, 0.717) is 11.7 Å². The van der Waals surface area contributed by atoms with Gasteiger partial charge in [0.1, 0.15) is 4.83 Å². The van der Waals surface area contributed by atoms with Crippen LogP contribution in [0.25, 0.3) is 26.7 Å². The molecule has 6 nitrogen and oxygen atoms in total. The fourth-order valence-electron chi connectivity index (χ4n) is 3.20. The van der Waals surface area contributed by atoms with Crippen molar-refractivity contribution in [3.63, 3.8) is 0 Å². The summed E-state index contributed by atoms with van der Waals surface area (Å²) < 4.78 is 7.46. The molecule has 3 aromatic heterocycles. The fraction of sp³-hybridized carbons (Fsp3) is 0.278. The van der Waals surface area contributed by atoms with E-state index in [9.17, 15) is 0 Å². The third-order valence-corrected chi connectivity index (χ3v) is 5.97. The van der Waals surface area contributed by atoms with Crippen LogP contribution >= 0.6 is 11.3 Å². The van der Waals surface area contributed by atoms with Gasteiger partial charge in [-0.2, -0.15) is 10.1 Å². The molecule has 1 aromatic carbocycles. The van der Waals surface area contributed by atoms with Gasteiger partial charge < -0.3 is 10.3 Å². The average Bonchev–Trinajstić information content (AvgIpc) is 3.30. The van der Waals surface area contributed by atoms with E-state index in [1.807, 2.05) is 41.9 Å². The van der Waals surface area contributed by atoms with Gasteiger partial charge in [0.25, 0.3) is 5.89 Å². The minimum atomic E-state index is -0.408. The van der Waals surface area contributed by atoms with Crippen molar-refractivity contribution in [2.45, 2.75) is 31.7 Å². The first-order valence-corrected chi connectivity index (χ1v) is 9.14. The number of para-hydroxylation sites is 1. The first-order valence-electron chi connectivity index (χ1n) is 8.32. The molecule has 0 bridgehead atoms. The highest BCUT2D eigenvalue weighted by Gasteiger charge is 2.39. The molecule has 1 saturated carbocycles. The van der Waals surface area contributed by atoms with Gasteiger partial charge in [0.15, 0.2) is 5.82 Å². The number of hydrogen-bond donors (Lipinski definition) is 1. The van der Waals surface area contributed by atoms with E-state index in [1.165, 1.54) is 0 Å². The summed E-state index contributed by atoms with van der Waals surface area (Å²) in [5.41, 5.74) is 7.91. The van der Waals surface area contributed by atoms with E-state index in [0.717, 1.165) is 45.7 Å². The van der Waals surface area contributed by atoms with Crippen molar-refractivity contribution < 1.29 is 4.52 Å². The Morgan fingerprint density at radius 1 is 1.24 bits per heavy atom. The Bertz CT molecular complexity index is 1060. The first kappa shape index (κ1) is 14.8. The Kier molecular flexibility index (Phi) is 3.10. The third kappa shape index (κ3) is 2.23. The van der Waals surface area contributed by atoms with Crippen LogP contribution in [0, 0.1) is 6.92 Å². The molecule has 1 aliphatic carbocycles. The van der Waals surface area contributed by atoms with Crippen LogP contribution in [0.15, 0.2) is 40.9 Å². The molecule has 126 valence electrons. The van der Waals surface area contributed by atoms with E-state index in [2.05, 4.69) is 21.3 Å². The van der Waals surface area contributed by atoms with Crippen LogP contribution < -0.4 is 5.73 Å². The Hall–Kier alpha value is -2.51. The Balaban J connectivity index is 1.59. The van der Waals surface area contributed by atoms with E-state index in [-0.39, 0.29) is 0 Å². The molecule has 25 heavy (non-hydrogen) atoms. The van der Waals surface area contributed by atoms with Crippen molar-refractivity contribution in [1.29, 1.82) is 0 Å². The van der Waals surface area contributed by atoms with Gasteiger partial charge in [-0.3, -0.25) is 0 Å². The van der Waals surface area contributed by atoms with Gasteiger partial charge in [0, 0.05) is 5.39 Å². The molecule has 5 rings (SSSR count). The largest absolute Gasteiger partial charge is 0.333 e. The zero-order valence-electron chi connectivity index (χ0n) is 13.8. The second-order valence-corrected chi connectivity index (χ2v) is 7.63. The lowest BCUT2D eigenvalue weighted by Crippen LogP contribution is -2.44. The molecular weight excluding hydrogens is 334 g/mol. The van der Waals surface area contributed by atoms with Gasteiger partial charge in [-0.15, -0.1) is 11.3 Å². The summed E-state index contributed by atoms with van der Waals surface area (Å²) in [6.45, 7) is 2.01. The van der Waals surface area contributed by atoms with E-state index in [1.54, 1.807) is 11.3 Å². The minimum absolute atomic E-state index is 0.408. The van der Waals surface area contributed by atoms with Gasteiger partial charge in [-0.05, 0) is 44.4 Å². The van der Waals surface area contributed by atoms with Gasteiger partial charge in [-0.25, -0.2) is 4.68 Å². The summed E-state index contributed by atoms with van der Waals surface area (Å²) in [5.74, 6) is 1.15. The molecular formula is C18H17N5OS. The molecule has 4 aromatic rings. The Morgan fingerprint density at radius 3 is 2.76 bits per heavy atom. The molecule has 0 spiro atoms. The lowest BCUT2D eigenvalue weighted by molar-refractivity contribution is 0.229. The number of nitrogens with two attached hydrogens (primary N) is 1. The SMILES string of the molecule is Cc1nn(-c2ccccc2)c2sc(-c3nc(C4(N)CCC4)no3)cc12. The molecule has 7 heteroatoms. The minimum Gasteiger partial charge on any atom is -0.333 e. The third-order valence-electron chi connectivity index (χ3n) is 4.87. The van der Waals surface area contributed by atoms with Gasteiger partial charge in [0.2, 0.25) is 0 Å². The normalized spacial score (nSPS) is 16.2. The zero-order valence-corrected chi connectivity index (χ0v) is 14.6. The highest BCUT2D eigenvalue weighted by atomic mass is 32.1. The topological polar surface area (TPSA) is 82.8 Å². The maximum absolute atomic E-state index is 6.30. The molecule has 0 atom stereocenters. The number of fused-ring (bicyclic) bond motifs is 1. The van der Waals surface area contributed by atoms with Crippen molar-refractivity contribution in [1.82, 2.24) is 19.9 Å². The van der Waals surface area contributed by atoms with Gasteiger partial charge in [-0.1, -0.05) is 23.4 Å². The monoisotopic (exact) mass is 351 g/mol. The molecule has 2 N–H and O–H groups in total. The summed E-state index contributed by atoms with van der Waals surface area (Å²) in [4.78, 5) is 6.58. The summed E-state index contributed by atoms with van der Waals surface area (Å²) in [6.07, 6.45) is 2.95. The fourth-order valence-corrected chi connectivity index (χ4v) is 4.31. The van der Waals surface area contributed by atoms with E-state index < -0.39 is 5.54 Å². The highest BCUT2D eigenvalue weighted by Crippen LogP contribution is 2.39. The quantitative estimate of drug-likeness (QED) is 0.607. The summed E-state index contributed by atoms with van der Waals surface area (Å²) in [7, 11) is 0. The number of thiophene rings is 1. The maximum atomic E-state index is 6.30. The number of aromatic nitrogens is 4. The number of nitrogens with zero attached hydrogens (tertiary/aromatic N) is 4. The molecule has 0 unspecified atom stereocenters. The summed E-state index contributed by atoms with van der Waals surface area (Å²) in [6, 6.07) is 12.2. The smallest absolute Gasteiger partial charge is 0.268 e. The summed E-state index contributed by atoms with van der Waals surface area (Å²) >= 11 is 1.61. The highest BCUT2D eigenvalue weighted by molar-refractivity contribution is 7.21. The molecule has 0 aliphatic heterocycles. The van der Waals surface area contributed by atoms with Crippen molar-refractivity contribution in [3.8, 4) is 16.5 Å². The lowest BCUT2D eigenvalue weighted by Gasteiger charge is -2.34. The van der Waals surface area contributed by atoms with Gasteiger partial charge in [0.05, 0.1) is 21.8 Å². The first-order chi connectivity index (χ1) is 12.1. The van der Waals surface area contributed by atoms with Crippen LogP contribution in [0.5, 0.6) is 0 Å². The Labute approximate surface area is 148 Å². The van der Waals surface area contributed by atoms with Crippen LogP contribution in [-0.4, -0.2) is 19.9 Å². The zero-order chi connectivity index (χ0) is 17.0. The van der Waals surface area contributed by atoms with Crippen LogP contribution in [-0.2, 0) is 5.54 Å². The van der Waals surface area contributed by atoms with Crippen LogP contribution in [0.1, 0.15) is 30.8 Å². The predicted octanol–water partition coefficient (Wildman–Crippen LogP) is 3.78. The van der Waals surface area contributed by atoms with Gasteiger partial charge >= 0.3 is 0 Å². The maximum Gasteiger partial charge on any atom is 0.268 e. The van der Waals surface area contributed by atoms with E-state index in [4.69, 9.17) is 10.3 Å². The molecule has 0 saturated heterocycles. The molecule has 0 radical (unpaired) electrons. The summed E-state index contributed by atoms with van der Waals surface area (Å²) in [5, 5.41) is 9.89. The average molecular weight is 351 g/mol. The lowest BCUT2D eigenvalue weighted by atomic mass is 9.77. The Morgan fingerprint density at radius 2 is 2.04 bits per heavy atom. The number of rotatable bonds is 3. The predicted molar refractivity (Wildman–Crippen MR) is 96.7 cm³/mol. The number of aryl methyl sites for hydroxylation is 1.